The predicted molar refractivity (Wildman–Crippen MR) is 125 cm³/mol. The molecule has 3 heterocycles. The minimum absolute atomic E-state index is 0.0170. The van der Waals surface area contributed by atoms with Gasteiger partial charge in [0.05, 0.1) is 10.7 Å². The summed E-state index contributed by atoms with van der Waals surface area (Å²) in [4.78, 5) is 37.5. The first kappa shape index (κ1) is 22.7. The molecule has 0 radical (unpaired) electrons. The standard InChI is InChI=1S/C24H32N4O3S/c1-17-23(32-18(2)25-17)24(30)28-10-9-21(31-20-7-5-4-6-8-20)19(16-28)15-22(29)27-13-11-26(3)12-14-27/h4-8,19,21H,9-16H2,1-3H3/t19-,21-/m0/s1. The van der Waals surface area contributed by atoms with Gasteiger partial charge in [0.25, 0.3) is 5.91 Å². The van der Waals surface area contributed by atoms with E-state index in [1.807, 2.05) is 54.0 Å². The van der Waals surface area contributed by atoms with E-state index in [4.69, 9.17) is 4.74 Å². The first-order chi connectivity index (χ1) is 15.4. The van der Waals surface area contributed by atoms with Gasteiger partial charge < -0.3 is 19.4 Å². The van der Waals surface area contributed by atoms with Gasteiger partial charge in [-0.1, -0.05) is 18.2 Å². The second-order valence-corrected chi connectivity index (χ2v) is 10.0. The highest BCUT2D eigenvalue weighted by Gasteiger charge is 2.36. The molecule has 32 heavy (non-hydrogen) atoms. The highest BCUT2D eigenvalue weighted by atomic mass is 32.1. The summed E-state index contributed by atoms with van der Waals surface area (Å²) in [6, 6.07) is 9.75. The van der Waals surface area contributed by atoms with Gasteiger partial charge in [0.1, 0.15) is 16.7 Å². The van der Waals surface area contributed by atoms with Crippen LogP contribution in [-0.2, 0) is 4.79 Å². The molecule has 2 saturated heterocycles. The van der Waals surface area contributed by atoms with E-state index in [9.17, 15) is 9.59 Å². The molecule has 2 atom stereocenters. The number of aromatic nitrogens is 1. The zero-order valence-corrected chi connectivity index (χ0v) is 19.9. The summed E-state index contributed by atoms with van der Waals surface area (Å²) in [5.41, 5.74) is 0.783. The number of aryl methyl sites for hydroxylation is 2. The monoisotopic (exact) mass is 456 g/mol. The molecule has 0 unspecified atom stereocenters. The number of likely N-dealkylation sites (N-methyl/N-ethyl adjacent to an activating group) is 1. The summed E-state index contributed by atoms with van der Waals surface area (Å²) in [5, 5.41) is 0.898. The Morgan fingerprint density at radius 3 is 2.44 bits per heavy atom. The van der Waals surface area contributed by atoms with Crippen molar-refractivity contribution >= 4 is 23.2 Å². The Morgan fingerprint density at radius 1 is 1.06 bits per heavy atom. The fourth-order valence-electron chi connectivity index (χ4n) is 4.50. The van der Waals surface area contributed by atoms with Gasteiger partial charge in [-0.2, -0.15) is 0 Å². The van der Waals surface area contributed by atoms with Gasteiger partial charge in [-0.25, -0.2) is 4.98 Å². The number of carbonyl (C=O) groups is 2. The van der Waals surface area contributed by atoms with E-state index in [1.54, 1.807) is 0 Å². The fraction of sp³-hybridized carbons (Fsp3) is 0.542. The molecule has 0 aliphatic carbocycles. The molecule has 172 valence electrons. The van der Waals surface area contributed by atoms with Crippen LogP contribution in [-0.4, -0.2) is 83.9 Å². The number of ether oxygens (including phenoxy) is 1. The van der Waals surface area contributed by atoms with Crippen molar-refractivity contribution < 1.29 is 14.3 Å². The van der Waals surface area contributed by atoms with Crippen molar-refractivity contribution in [1.29, 1.82) is 0 Å². The summed E-state index contributed by atoms with van der Waals surface area (Å²) in [5.74, 6) is 0.935. The molecule has 0 N–H and O–H groups in total. The number of para-hydroxylation sites is 1. The van der Waals surface area contributed by atoms with Crippen LogP contribution in [0.1, 0.15) is 33.2 Å². The average molecular weight is 457 g/mol. The number of hydrogen-bond acceptors (Lipinski definition) is 6. The maximum Gasteiger partial charge on any atom is 0.265 e. The first-order valence-corrected chi connectivity index (χ1v) is 12.1. The van der Waals surface area contributed by atoms with Crippen LogP contribution in [0.5, 0.6) is 5.75 Å². The van der Waals surface area contributed by atoms with Gasteiger partial charge in [-0.15, -0.1) is 11.3 Å². The van der Waals surface area contributed by atoms with Crippen LogP contribution in [0.25, 0.3) is 0 Å². The minimum atomic E-state index is -0.0952. The molecular formula is C24H32N4O3S. The second-order valence-electron chi connectivity index (χ2n) is 8.80. The van der Waals surface area contributed by atoms with E-state index in [0.29, 0.717) is 30.8 Å². The average Bonchev–Trinajstić information content (AvgIpc) is 3.13. The van der Waals surface area contributed by atoms with Crippen molar-refractivity contribution in [3.8, 4) is 5.75 Å². The highest BCUT2D eigenvalue weighted by molar-refractivity contribution is 7.13. The molecule has 2 amide bonds. The number of benzene rings is 1. The summed E-state index contributed by atoms with van der Waals surface area (Å²) in [6.45, 7) is 8.26. The quantitative estimate of drug-likeness (QED) is 0.692. The molecule has 8 heteroatoms. The van der Waals surface area contributed by atoms with Crippen LogP contribution in [0.2, 0.25) is 0 Å². The van der Waals surface area contributed by atoms with Crippen molar-refractivity contribution in [2.75, 3.05) is 46.3 Å². The molecule has 2 aliphatic heterocycles. The summed E-state index contributed by atoms with van der Waals surface area (Å²) in [6.07, 6.45) is 1.01. The number of rotatable bonds is 5. The van der Waals surface area contributed by atoms with Crippen molar-refractivity contribution in [1.82, 2.24) is 19.7 Å². The Bertz CT molecular complexity index is 940. The lowest BCUT2D eigenvalue weighted by atomic mass is 9.90. The Morgan fingerprint density at radius 2 is 1.78 bits per heavy atom. The number of nitrogens with zero attached hydrogens (tertiary/aromatic N) is 4. The Balaban J connectivity index is 1.48. The van der Waals surface area contributed by atoms with E-state index in [2.05, 4.69) is 16.9 Å². The van der Waals surface area contributed by atoms with Gasteiger partial charge in [0.2, 0.25) is 5.91 Å². The zero-order valence-electron chi connectivity index (χ0n) is 19.1. The number of thiazole rings is 1. The molecular weight excluding hydrogens is 424 g/mol. The maximum atomic E-state index is 13.2. The minimum Gasteiger partial charge on any atom is -0.490 e. The Labute approximate surface area is 194 Å². The molecule has 0 bridgehead atoms. The number of likely N-dealkylation sites (tertiary alicyclic amines) is 1. The molecule has 4 rings (SSSR count). The van der Waals surface area contributed by atoms with Crippen LogP contribution in [0.4, 0.5) is 0 Å². The number of piperidine rings is 1. The summed E-state index contributed by atoms with van der Waals surface area (Å²) >= 11 is 1.44. The first-order valence-electron chi connectivity index (χ1n) is 11.3. The molecule has 2 aromatic rings. The summed E-state index contributed by atoms with van der Waals surface area (Å²) < 4.78 is 6.31. The number of hydrogen-bond donors (Lipinski definition) is 0. The smallest absolute Gasteiger partial charge is 0.265 e. The lowest BCUT2D eigenvalue weighted by Crippen LogP contribution is -2.51. The van der Waals surface area contributed by atoms with Crippen molar-refractivity contribution in [3.63, 3.8) is 0 Å². The van der Waals surface area contributed by atoms with Gasteiger partial charge in [0, 0.05) is 58.0 Å². The third-order valence-corrected chi connectivity index (χ3v) is 7.43. The van der Waals surface area contributed by atoms with Crippen LogP contribution in [0, 0.1) is 19.8 Å². The summed E-state index contributed by atoms with van der Waals surface area (Å²) in [7, 11) is 2.08. The predicted octanol–water partition coefficient (Wildman–Crippen LogP) is 2.83. The SMILES string of the molecule is Cc1nc(C)c(C(=O)N2CC[C@H](Oc3ccccc3)[C@@H](CC(=O)N3CCN(C)CC3)C2)s1. The van der Waals surface area contributed by atoms with Crippen molar-refractivity contribution in [2.24, 2.45) is 5.92 Å². The molecule has 0 saturated carbocycles. The van der Waals surface area contributed by atoms with Gasteiger partial charge >= 0.3 is 0 Å². The normalized spacial score (nSPS) is 22.1. The van der Waals surface area contributed by atoms with Crippen LogP contribution in [0.3, 0.4) is 0 Å². The van der Waals surface area contributed by atoms with Gasteiger partial charge in [0.15, 0.2) is 0 Å². The molecule has 7 nitrogen and oxygen atoms in total. The largest absolute Gasteiger partial charge is 0.490 e. The second kappa shape index (κ2) is 10.0. The lowest BCUT2D eigenvalue weighted by Gasteiger charge is -2.39. The highest BCUT2D eigenvalue weighted by Crippen LogP contribution is 2.29. The van der Waals surface area contributed by atoms with Crippen molar-refractivity contribution in [2.45, 2.75) is 32.8 Å². The Hall–Kier alpha value is -2.45. The molecule has 1 aromatic heterocycles. The van der Waals surface area contributed by atoms with Crippen LogP contribution >= 0.6 is 11.3 Å². The maximum absolute atomic E-state index is 13.2. The molecule has 1 aromatic carbocycles. The topological polar surface area (TPSA) is 66.0 Å². The van der Waals surface area contributed by atoms with Gasteiger partial charge in [-0.05, 0) is 33.0 Å². The van der Waals surface area contributed by atoms with Crippen LogP contribution < -0.4 is 4.74 Å². The number of carbonyl (C=O) groups excluding carboxylic acids is 2. The van der Waals surface area contributed by atoms with E-state index in [1.165, 1.54) is 11.3 Å². The fourth-order valence-corrected chi connectivity index (χ4v) is 5.39. The van der Waals surface area contributed by atoms with E-state index in [0.717, 1.165) is 42.6 Å². The third kappa shape index (κ3) is 5.30. The van der Waals surface area contributed by atoms with E-state index in [-0.39, 0.29) is 23.8 Å². The van der Waals surface area contributed by atoms with E-state index < -0.39 is 0 Å². The van der Waals surface area contributed by atoms with Gasteiger partial charge in [-0.3, -0.25) is 9.59 Å². The Kier molecular flexibility index (Phi) is 7.10. The van der Waals surface area contributed by atoms with Crippen molar-refractivity contribution in [3.05, 3.63) is 45.9 Å². The number of piperazine rings is 1. The molecule has 0 spiro atoms. The molecule has 2 fully saturated rings. The lowest BCUT2D eigenvalue weighted by molar-refractivity contribution is -0.135. The van der Waals surface area contributed by atoms with Crippen LogP contribution in [0.15, 0.2) is 30.3 Å². The number of amides is 2. The van der Waals surface area contributed by atoms with E-state index >= 15 is 0 Å². The zero-order chi connectivity index (χ0) is 22.7. The molecule has 2 aliphatic rings. The third-order valence-electron chi connectivity index (χ3n) is 6.37.